The van der Waals surface area contributed by atoms with Crippen LogP contribution in [0.2, 0.25) is 0 Å². The van der Waals surface area contributed by atoms with Crippen LogP contribution in [-0.4, -0.2) is 48.4 Å². The lowest BCUT2D eigenvalue weighted by Crippen LogP contribution is -2.57. The molecule has 0 saturated carbocycles. The lowest BCUT2D eigenvalue weighted by molar-refractivity contribution is -0.244. The third-order valence-electron chi connectivity index (χ3n) is 3.07. The van der Waals surface area contributed by atoms with Crippen LogP contribution in [0, 0.1) is 0 Å². The van der Waals surface area contributed by atoms with Gasteiger partial charge in [0.05, 0.1) is 13.2 Å². The van der Waals surface area contributed by atoms with E-state index in [1.165, 1.54) is 7.11 Å². The molecule has 6 nitrogen and oxygen atoms in total. The van der Waals surface area contributed by atoms with Gasteiger partial charge in [-0.1, -0.05) is 0 Å². The standard InChI is InChI=1S/C10H15NO5/c1-6-5-15-9(13)10(2)4-7(8(12)14-3)16-11(6)10/h6-7H,4-5H2,1-3H3/t6-,7+,10-/m0/s1. The minimum absolute atomic E-state index is 0.0580. The molecule has 0 aromatic heterocycles. The molecule has 0 amide bonds. The highest BCUT2D eigenvalue weighted by Crippen LogP contribution is 2.37. The number of methoxy groups -OCH3 is 1. The largest absolute Gasteiger partial charge is 0.467 e. The number of esters is 2. The molecule has 2 fully saturated rings. The first-order valence-electron chi connectivity index (χ1n) is 5.20. The zero-order valence-electron chi connectivity index (χ0n) is 9.56. The molecule has 90 valence electrons. The Labute approximate surface area is 93.4 Å². The summed E-state index contributed by atoms with van der Waals surface area (Å²) in [7, 11) is 1.30. The van der Waals surface area contributed by atoms with E-state index >= 15 is 0 Å². The Hall–Kier alpha value is -1.14. The number of carbonyl (C=O) groups is 2. The van der Waals surface area contributed by atoms with Crippen LogP contribution in [0.4, 0.5) is 0 Å². The van der Waals surface area contributed by atoms with Gasteiger partial charge in [-0.05, 0) is 13.8 Å². The molecule has 2 aliphatic heterocycles. The van der Waals surface area contributed by atoms with E-state index in [-0.39, 0.29) is 25.0 Å². The maximum Gasteiger partial charge on any atom is 0.337 e. The molecule has 16 heavy (non-hydrogen) atoms. The van der Waals surface area contributed by atoms with Gasteiger partial charge in [0.1, 0.15) is 12.1 Å². The summed E-state index contributed by atoms with van der Waals surface area (Å²) in [6.07, 6.45) is -0.453. The molecular formula is C10H15NO5. The minimum Gasteiger partial charge on any atom is -0.467 e. The first-order valence-corrected chi connectivity index (χ1v) is 5.20. The molecule has 6 heteroatoms. The Morgan fingerprint density at radius 3 is 2.88 bits per heavy atom. The molecule has 3 atom stereocenters. The highest BCUT2D eigenvalue weighted by molar-refractivity contribution is 5.84. The number of rotatable bonds is 1. The second-order valence-electron chi connectivity index (χ2n) is 4.37. The second kappa shape index (κ2) is 3.71. The van der Waals surface area contributed by atoms with Crippen molar-refractivity contribution in [2.75, 3.05) is 13.7 Å². The van der Waals surface area contributed by atoms with Gasteiger partial charge in [-0.2, -0.15) is 5.06 Å². The van der Waals surface area contributed by atoms with E-state index in [0.29, 0.717) is 0 Å². The summed E-state index contributed by atoms with van der Waals surface area (Å²) in [5.41, 5.74) is -0.878. The van der Waals surface area contributed by atoms with Crippen molar-refractivity contribution in [3.8, 4) is 0 Å². The first-order chi connectivity index (χ1) is 7.49. The Bertz CT molecular complexity index is 331. The molecule has 2 saturated heterocycles. The number of carbonyl (C=O) groups excluding carboxylic acids is 2. The van der Waals surface area contributed by atoms with Crippen molar-refractivity contribution in [2.24, 2.45) is 0 Å². The normalized spacial score (nSPS) is 39.1. The summed E-state index contributed by atoms with van der Waals surface area (Å²) in [4.78, 5) is 28.6. The minimum atomic E-state index is -0.878. The first kappa shape index (κ1) is 11.3. The Balaban J connectivity index is 2.22. The maximum atomic E-state index is 11.7. The summed E-state index contributed by atoms with van der Waals surface area (Å²) >= 11 is 0. The van der Waals surface area contributed by atoms with Gasteiger partial charge < -0.3 is 9.47 Å². The van der Waals surface area contributed by atoms with Crippen molar-refractivity contribution in [3.63, 3.8) is 0 Å². The number of hydrogen-bond acceptors (Lipinski definition) is 6. The molecule has 0 aliphatic carbocycles. The molecule has 2 aliphatic rings. The van der Waals surface area contributed by atoms with Gasteiger partial charge in [-0.3, -0.25) is 4.84 Å². The van der Waals surface area contributed by atoms with Crippen molar-refractivity contribution >= 4 is 11.9 Å². The molecular weight excluding hydrogens is 214 g/mol. The molecule has 2 heterocycles. The van der Waals surface area contributed by atoms with Crippen molar-refractivity contribution in [1.29, 1.82) is 0 Å². The summed E-state index contributed by atoms with van der Waals surface area (Å²) < 4.78 is 9.67. The van der Waals surface area contributed by atoms with Gasteiger partial charge in [-0.25, -0.2) is 9.59 Å². The predicted molar refractivity (Wildman–Crippen MR) is 52.2 cm³/mol. The monoisotopic (exact) mass is 229 g/mol. The van der Waals surface area contributed by atoms with Crippen molar-refractivity contribution in [2.45, 2.75) is 38.0 Å². The Morgan fingerprint density at radius 2 is 2.31 bits per heavy atom. The molecule has 0 aromatic rings. The molecule has 2 rings (SSSR count). The SMILES string of the molecule is COC(=O)[C@H]1C[C@@]2(C)C(=O)OC[C@H](C)N2O1. The van der Waals surface area contributed by atoms with E-state index in [4.69, 9.17) is 9.57 Å². The smallest absolute Gasteiger partial charge is 0.337 e. The molecule has 0 bridgehead atoms. The lowest BCUT2D eigenvalue weighted by Gasteiger charge is -2.39. The molecule has 0 N–H and O–H groups in total. The van der Waals surface area contributed by atoms with Crippen molar-refractivity contribution in [3.05, 3.63) is 0 Å². The summed E-state index contributed by atoms with van der Waals surface area (Å²) in [6.45, 7) is 3.88. The molecule has 0 aromatic carbocycles. The van der Waals surface area contributed by atoms with Gasteiger partial charge in [0.2, 0.25) is 0 Å². The zero-order chi connectivity index (χ0) is 11.9. The number of cyclic esters (lactones) is 1. The van der Waals surface area contributed by atoms with Crippen LogP contribution in [-0.2, 0) is 23.9 Å². The number of fused-ring (bicyclic) bond motifs is 1. The van der Waals surface area contributed by atoms with Crippen LogP contribution in [0.1, 0.15) is 20.3 Å². The highest BCUT2D eigenvalue weighted by atomic mass is 16.7. The topological polar surface area (TPSA) is 65.1 Å². The quantitative estimate of drug-likeness (QED) is 0.583. The van der Waals surface area contributed by atoms with Crippen LogP contribution < -0.4 is 0 Å². The van der Waals surface area contributed by atoms with E-state index in [1.54, 1.807) is 12.0 Å². The van der Waals surface area contributed by atoms with E-state index in [1.807, 2.05) is 6.92 Å². The number of ether oxygens (including phenoxy) is 2. The average Bonchev–Trinajstić information content (AvgIpc) is 2.63. The summed E-state index contributed by atoms with van der Waals surface area (Å²) in [5, 5.41) is 1.56. The predicted octanol–water partition coefficient (Wildman–Crippen LogP) is -0.131. The summed E-state index contributed by atoms with van der Waals surface area (Å²) in [5.74, 6) is -0.812. The van der Waals surface area contributed by atoms with E-state index < -0.39 is 17.6 Å². The third kappa shape index (κ3) is 1.49. The van der Waals surface area contributed by atoms with Gasteiger partial charge in [0.25, 0.3) is 0 Å². The van der Waals surface area contributed by atoms with Gasteiger partial charge >= 0.3 is 11.9 Å². The lowest BCUT2D eigenvalue weighted by atomic mass is 9.93. The van der Waals surface area contributed by atoms with Crippen LogP contribution in [0.15, 0.2) is 0 Å². The van der Waals surface area contributed by atoms with Gasteiger partial charge in [-0.15, -0.1) is 0 Å². The van der Waals surface area contributed by atoms with Crippen molar-refractivity contribution < 1.29 is 23.9 Å². The number of hydrogen-bond donors (Lipinski definition) is 0. The fourth-order valence-corrected chi connectivity index (χ4v) is 2.18. The Morgan fingerprint density at radius 1 is 1.62 bits per heavy atom. The van der Waals surface area contributed by atoms with E-state index in [0.717, 1.165) is 0 Å². The van der Waals surface area contributed by atoms with Gasteiger partial charge in [0, 0.05) is 6.42 Å². The zero-order valence-corrected chi connectivity index (χ0v) is 9.56. The maximum absolute atomic E-state index is 11.7. The van der Waals surface area contributed by atoms with E-state index in [2.05, 4.69) is 4.74 Å². The average molecular weight is 229 g/mol. The van der Waals surface area contributed by atoms with Crippen LogP contribution in [0.25, 0.3) is 0 Å². The molecule has 0 spiro atoms. The number of morpholine rings is 1. The highest BCUT2D eigenvalue weighted by Gasteiger charge is 2.56. The molecule has 0 unspecified atom stereocenters. The van der Waals surface area contributed by atoms with Crippen LogP contribution >= 0.6 is 0 Å². The fourth-order valence-electron chi connectivity index (χ4n) is 2.18. The number of hydroxylamine groups is 2. The van der Waals surface area contributed by atoms with Crippen molar-refractivity contribution in [1.82, 2.24) is 5.06 Å². The van der Waals surface area contributed by atoms with Crippen LogP contribution in [0.5, 0.6) is 0 Å². The van der Waals surface area contributed by atoms with Crippen LogP contribution in [0.3, 0.4) is 0 Å². The molecule has 0 radical (unpaired) electrons. The second-order valence-corrected chi connectivity index (χ2v) is 4.37. The Kier molecular flexibility index (Phi) is 2.63. The third-order valence-corrected chi connectivity index (χ3v) is 3.07. The van der Waals surface area contributed by atoms with E-state index in [9.17, 15) is 9.59 Å². The number of nitrogens with zero attached hydrogens (tertiary/aromatic N) is 1. The summed E-state index contributed by atoms with van der Waals surface area (Å²) in [6, 6.07) is -0.0580. The fraction of sp³-hybridized carbons (Fsp3) is 0.800. The van der Waals surface area contributed by atoms with Gasteiger partial charge in [0.15, 0.2) is 6.10 Å².